The molecule has 1 aliphatic heterocycles. The SMILES string of the molecule is CC1(C)C[C@@H](c2nc(-c3ccc(Br)cc3)cs2)CCO1. The third-order valence-electron chi connectivity index (χ3n) is 3.71. The number of aromatic nitrogens is 1. The second-order valence-electron chi connectivity index (χ2n) is 5.88. The number of nitrogens with zero attached hydrogens (tertiary/aromatic N) is 1. The Labute approximate surface area is 132 Å². The summed E-state index contributed by atoms with van der Waals surface area (Å²) >= 11 is 5.24. The van der Waals surface area contributed by atoms with Crippen molar-refractivity contribution in [1.29, 1.82) is 0 Å². The van der Waals surface area contributed by atoms with Crippen molar-refractivity contribution in [3.8, 4) is 11.3 Å². The fourth-order valence-corrected chi connectivity index (χ4v) is 3.90. The first-order valence-corrected chi connectivity index (χ1v) is 8.56. The van der Waals surface area contributed by atoms with Gasteiger partial charge in [-0.15, -0.1) is 11.3 Å². The molecule has 2 aromatic rings. The van der Waals surface area contributed by atoms with Crippen LogP contribution in [0.4, 0.5) is 0 Å². The van der Waals surface area contributed by atoms with E-state index in [0.717, 1.165) is 29.6 Å². The third kappa shape index (κ3) is 3.13. The van der Waals surface area contributed by atoms with Crippen LogP contribution in [-0.4, -0.2) is 17.2 Å². The standard InChI is InChI=1S/C16H18BrNOS/c1-16(2)9-12(7-8-19-16)15-18-14(10-20-15)11-3-5-13(17)6-4-11/h3-6,10,12H,7-9H2,1-2H3/t12-/m0/s1. The van der Waals surface area contributed by atoms with Gasteiger partial charge in [-0.05, 0) is 38.8 Å². The van der Waals surface area contributed by atoms with Crippen molar-refractivity contribution < 1.29 is 4.74 Å². The van der Waals surface area contributed by atoms with Crippen LogP contribution in [-0.2, 0) is 4.74 Å². The Kier molecular flexibility index (Phi) is 3.98. The van der Waals surface area contributed by atoms with Crippen LogP contribution in [0, 0.1) is 0 Å². The molecule has 0 bridgehead atoms. The fourth-order valence-electron chi connectivity index (χ4n) is 2.67. The largest absolute Gasteiger partial charge is 0.376 e. The maximum Gasteiger partial charge on any atom is 0.0965 e. The van der Waals surface area contributed by atoms with Crippen molar-refractivity contribution in [2.45, 2.75) is 38.2 Å². The zero-order chi connectivity index (χ0) is 14.2. The number of thiazole rings is 1. The highest BCUT2D eigenvalue weighted by molar-refractivity contribution is 9.10. The lowest BCUT2D eigenvalue weighted by Gasteiger charge is -2.34. The molecule has 1 saturated heterocycles. The number of halogens is 1. The van der Waals surface area contributed by atoms with Crippen LogP contribution in [0.1, 0.15) is 37.6 Å². The molecule has 1 fully saturated rings. The van der Waals surface area contributed by atoms with Crippen LogP contribution in [0.15, 0.2) is 34.1 Å². The highest BCUT2D eigenvalue weighted by atomic mass is 79.9. The lowest BCUT2D eigenvalue weighted by atomic mass is 9.89. The minimum atomic E-state index is -0.0215. The molecule has 0 amide bonds. The van der Waals surface area contributed by atoms with Gasteiger partial charge < -0.3 is 4.74 Å². The molecular weight excluding hydrogens is 334 g/mol. The van der Waals surface area contributed by atoms with Crippen LogP contribution in [0.5, 0.6) is 0 Å². The van der Waals surface area contributed by atoms with Gasteiger partial charge in [0.1, 0.15) is 0 Å². The van der Waals surface area contributed by atoms with Gasteiger partial charge in [0, 0.05) is 27.9 Å². The third-order valence-corrected chi connectivity index (χ3v) is 5.24. The Morgan fingerprint density at radius 2 is 2.05 bits per heavy atom. The number of hydrogen-bond acceptors (Lipinski definition) is 3. The van der Waals surface area contributed by atoms with Crippen molar-refractivity contribution >= 4 is 27.3 Å². The zero-order valence-electron chi connectivity index (χ0n) is 11.7. The maximum absolute atomic E-state index is 5.79. The molecule has 0 spiro atoms. The van der Waals surface area contributed by atoms with Crippen molar-refractivity contribution in [2.75, 3.05) is 6.61 Å². The molecule has 2 heterocycles. The maximum atomic E-state index is 5.79. The topological polar surface area (TPSA) is 22.1 Å². The number of hydrogen-bond donors (Lipinski definition) is 0. The van der Waals surface area contributed by atoms with Gasteiger partial charge >= 0.3 is 0 Å². The minimum Gasteiger partial charge on any atom is -0.376 e. The summed E-state index contributed by atoms with van der Waals surface area (Å²) in [6.45, 7) is 5.18. The molecule has 1 aromatic carbocycles. The summed E-state index contributed by atoms with van der Waals surface area (Å²) in [7, 11) is 0. The van der Waals surface area contributed by atoms with Gasteiger partial charge in [0.05, 0.1) is 16.3 Å². The summed E-state index contributed by atoms with van der Waals surface area (Å²) in [6, 6.07) is 8.34. The van der Waals surface area contributed by atoms with E-state index in [1.807, 2.05) is 0 Å². The van der Waals surface area contributed by atoms with Gasteiger partial charge in [-0.1, -0.05) is 28.1 Å². The molecular formula is C16H18BrNOS. The summed E-state index contributed by atoms with van der Waals surface area (Å²) in [5.41, 5.74) is 2.25. The monoisotopic (exact) mass is 351 g/mol. The van der Waals surface area contributed by atoms with Gasteiger partial charge in [0.15, 0.2) is 0 Å². The Balaban J connectivity index is 1.81. The second-order valence-corrected chi connectivity index (χ2v) is 7.68. The lowest BCUT2D eigenvalue weighted by molar-refractivity contribution is -0.0593. The van der Waals surface area contributed by atoms with Crippen molar-refractivity contribution in [1.82, 2.24) is 4.98 Å². The molecule has 1 aliphatic rings. The van der Waals surface area contributed by atoms with E-state index in [1.54, 1.807) is 11.3 Å². The van der Waals surface area contributed by atoms with E-state index in [-0.39, 0.29) is 5.60 Å². The zero-order valence-corrected chi connectivity index (χ0v) is 14.1. The second kappa shape index (κ2) is 5.58. The van der Waals surface area contributed by atoms with E-state index >= 15 is 0 Å². The highest BCUT2D eigenvalue weighted by Gasteiger charge is 2.31. The van der Waals surface area contributed by atoms with Crippen molar-refractivity contribution in [3.63, 3.8) is 0 Å². The number of ether oxygens (including phenoxy) is 1. The Bertz CT molecular complexity index is 591. The molecule has 2 nitrogen and oxygen atoms in total. The average Bonchev–Trinajstić information content (AvgIpc) is 2.88. The van der Waals surface area contributed by atoms with Crippen LogP contribution in [0.3, 0.4) is 0 Å². The van der Waals surface area contributed by atoms with E-state index in [1.165, 1.54) is 10.6 Å². The number of rotatable bonds is 2. The van der Waals surface area contributed by atoms with Crippen molar-refractivity contribution in [3.05, 3.63) is 39.1 Å². The lowest BCUT2D eigenvalue weighted by Crippen LogP contribution is -2.32. The molecule has 0 aliphatic carbocycles. The number of benzene rings is 1. The predicted molar refractivity (Wildman–Crippen MR) is 87.3 cm³/mol. The molecule has 20 heavy (non-hydrogen) atoms. The summed E-state index contributed by atoms with van der Waals surface area (Å²) in [4.78, 5) is 4.85. The Hall–Kier alpha value is -0.710. The van der Waals surface area contributed by atoms with E-state index in [4.69, 9.17) is 9.72 Å². The van der Waals surface area contributed by atoms with E-state index in [9.17, 15) is 0 Å². The van der Waals surface area contributed by atoms with Gasteiger partial charge in [-0.25, -0.2) is 4.98 Å². The quantitative estimate of drug-likeness (QED) is 0.737. The highest BCUT2D eigenvalue weighted by Crippen LogP contribution is 2.38. The molecule has 106 valence electrons. The molecule has 1 aromatic heterocycles. The first-order valence-electron chi connectivity index (χ1n) is 6.89. The summed E-state index contributed by atoms with van der Waals surface area (Å²) in [6.07, 6.45) is 2.14. The first kappa shape index (κ1) is 14.2. The molecule has 1 atom stereocenters. The molecule has 0 radical (unpaired) electrons. The van der Waals surface area contributed by atoms with Crippen LogP contribution < -0.4 is 0 Å². The molecule has 4 heteroatoms. The van der Waals surface area contributed by atoms with Crippen molar-refractivity contribution in [2.24, 2.45) is 0 Å². The average molecular weight is 352 g/mol. The summed E-state index contributed by atoms with van der Waals surface area (Å²) in [5, 5.41) is 3.42. The molecule has 0 saturated carbocycles. The van der Waals surface area contributed by atoms with Gasteiger partial charge in [-0.3, -0.25) is 0 Å². The minimum absolute atomic E-state index is 0.0215. The van der Waals surface area contributed by atoms with Crippen LogP contribution in [0.25, 0.3) is 11.3 Å². The Morgan fingerprint density at radius 3 is 2.75 bits per heavy atom. The molecule has 0 unspecified atom stereocenters. The first-order chi connectivity index (χ1) is 9.53. The van der Waals surface area contributed by atoms with Gasteiger partial charge in [0.25, 0.3) is 0 Å². The molecule has 3 rings (SSSR count). The van der Waals surface area contributed by atoms with Gasteiger partial charge in [0.2, 0.25) is 0 Å². The van der Waals surface area contributed by atoms with Gasteiger partial charge in [-0.2, -0.15) is 0 Å². The smallest absolute Gasteiger partial charge is 0.0965 e. The summed E-state index contributed by atoms with van der Waals surface area (Å²) in [5.74, 6) is 0.535. The van der Waals surface area contributed by atoms with E-state index in [0.29, 0.717) is 5.92 Å². The Morgan fingerprint density at radius 1 is 1.30 bits per heavy atom. The fraction of sp³-hybridized carbons (Fsp3) is 0.438. The van der Waals surface area contributed by atoms with E-state index < -0.39 is 0 Å². The summed E-state index contributed by atoms with van der Waals surface area (Å²) < 4.78 is 6.89. The van der Waals surface area contributed by atoms with E-state index in [2.05, 4.69) is 59.4 Å². The molecule has 0 N–H and O–H groups in total. The van der Waals surface area contributed by atoms with Crippen LogP contribution >= 0.6 is 27.3 Å². The van der Waals surface area contributed by atoms with Crippen LogP contribution in [0.2, 0.25) is 0 Å². The normalized spacial score (nSPS) is 21.9. The predicted octanol–water partition coefficient (Wildman–Crippen LogP) is 5.25.